The fraction of sp³-hybridized carbons (Fsp3) is 0.182. The molecule has 0 spiro atoms. The molecule has 15 heavy (non-hydrogen) atoms. The van der Waals surface area contributed by atoms with E-state index < -0.39 is 5.91 Å². The van der Waals surface area contributed by atoms with Crippen LogP contribution in [0.4, 0.5) is 0 Å². The van der Waals surface area contributed by atoms with Crippen molar-refractivity contribution in [2.24, 2.45) is 11.5 Å². The van der Waals surface area contributed by atoms with E-state index >= 15 is 0 Å². The van der Waals surface area contributed by atoms with E-state index in [0.717, 1.165) is 0 Å². The van der Waals surface area contributed by atoms with Gasteiger partial charge < -0.3 is 11.5 Å². The molecule has 1 aliphatic heterocycles. The average Bonchev–Trinajstić information content (AvgIpc) is 2.62. The quantitative estimate of drug-likeness (QED) is 0.794. The van der Waals surface area contributed by atoms with Crippen LogP contribution in [-0.2, 0) is 4.79 Å². The summed E-state index contributed by atoms with van der Waals surface area (Å²) in [6.45, 7) is 0. The highest BCUT2D eigenvalue weighted by molar-refractivity contribution is 8.03. The topological polar surface area (TPSA) is 69.1 Å². The van der Waals surface area contributed by atoms with Crippen LogP contribution in [0.1, 0.15) is 17.2 Å². The van der Waals surface area contributed by atoms with Crippen molar-refractivity contribution in [1.29, 1.82) is 0 Å². The Labute approximate surface area is 92.5 Å². The molecule has 0 aromatic heterocycles. The van der Waals surface area contributed by atoms with Crippen LogP contribution in [0.25, 0.3) is 0 Å². The number of benzene rings is 1. The molecule has 4 heteroatoms. The third-order valence-corrected chi connectivity index (χ3v) is 3.65. The summed E-state index contributed by atoms with van der Waals surface area (Å²) in [7, 11) is 0. The van der Waals surface area contributed by atoms with Crippen molar-refractivity contribution in [2.45, 2.75) is 11.7 Å². The van der Waals surface area contributed by atoms with Crippen molar-refractivity contribution >= 4 is 17.7 Å². The Kier molecular flexibility index (Phi) is 2.68. The van der Waals surface area contributed by atoms with E-state index in [9.17, 15) is 4.79 Å². The Morgan fingerprint density at radius 2 is 2.00 bits per heavy atom. The van der Waals surface area contributed by atoms with Gasteiger partial charge in [0.15, 0.2) is 0 Å². The van der Waals surface area contributed by atoms with E-state index in [1.165, 1.54) is 17.3 Å². The summed E-state index contributed by atoms with van der Waals surface area (Å²) in [6.07, 6.45) is 0.635. The Bertz CT molecular complexity index is 414. The van der Waals surface area contributed by atoms with E-state index in [2.05, 4.69) is 0 Å². The highest BCUT2D eigenvalue weighted by Gasteiger charge is 2.27. The smallest absolute Gasteiger partial charge is 0.247 e. The third-order valence-electron chi connectivity index (χ3n) is 2.42. The molecule has 4 N–H and O–H groups in total. The number of primary amides is 1. The molecule has 1 atom stereocenters. The van der Waals surface area contributed by atoms with Crippen LogP contribution in [0, 0.1) is 0 Å². The summed E-state index contributed by atoms with van der Waals surface area (Å²) >= 11 is 1.51. The van der Waals surface area contributed by atoms with Crippen LogP contribution < -0.4 is 11.5 Å². The van der Waals surface area contributed by atoms with Crippen LogP contribution >= 0.6 is 11.8 Å². The van der Waals surface area contributed by atoms with E-state index in [-0.39, 0.29) is 5.25 Å². The molecule has 2 rings (SSSR count). The number of rotatable bonds is 2. The second kappa shape index (κ2) is 3.98. The molecular weight excluding hydrogens is 208 g/mol. The Morgan fingerprint density at radius 3 is 2.53 bits per heavy atom. The van der Waals surface area contributed by atoms with Gasteiger partial charge in [0, 0.05) is 10.8 Å². The van der Waals surface area contributed by atoms with Crippen molar-refractivity contribution < 1.29 is 4.79 Å². The predicted octanol–water partition coefficient (Wildman–Crippen LogP) is 1.52. The molecule has 3 nitrogen and oxygen atoms in total. The van der Waals surface area contributed by atoms with Gasteiger partial charge in [-0.25, -0.2) is 0 Å². The van der Waals surface area contributed by atoms with Gasteiger partial charge >= 0.3 is 0 Å². The first-order valence-electron chi connectivity index (χ1n) is 4.68. The highest BCUT2D eigenvalue weighted by atomic mass is 32.2. The molecule has 78 valence electrons. The highest BCUT2D eigenvalue weighted by Crippen LogP contribution is 2.44. The molecule has 0 fully saturated rings. The van der Waals surface area contributed by atoms with Crippen LogP contribution in [0.5, 0.6) is 0 Å². The number of carbonyl (C=O) groups excluding carboxylic acids is 1. The number of nitrogens with two attached hydrogens (primary N) is 2. The first-order valence-corrected chi connectivity index (χ1v) is 5.56. The van der Waals surface area contributed by atoms with E-state index in [1.54, 1.807) is 0 Å². The van der Waals surface area contributed by atoms with Crippen molar-refractivity contribution in [1.82, 2.24) is 0 Å². The van der Waals surface area contributed by atoms with Crippen molar-refractivity contribution in [3.05, 3.63) is 46.5 Å². The van der Waals surface area contributed by atoms with Gasteiger partial charge in [0.05, 0.1) is 5.03 Å². The summed E-state index contributed by atoms with van der Waals surface area (Å²) in [6, 6.07) is 10.0. The largest absolute Gasteiger partial charge is 0.393 e. The number of carbonyl (C=O) groups is 1. The minimum atomic E-state index is -0.404. The minimum Gasteiger partial charge on any atom is -0.393 e. The summed E-state index contributed by atoms with van der Waals surface area (Å²) in [5.41, 5.74) is 12.7. The molecule has 0 radical (unpaired) electrons. The molecule has 1 aromatic carbocycles. The third kappa shape index (κ3) is 1.99. The zero-order valence-electron chi connectivity index (χ0n) is 8.14. The molecular formula is C11H12N2OS. The van der Waals surface area contributed by atoms with Gasteiger partial charge in [0.2, 0.25) is 5.91 Å². The SMILES string of the molecule is NC(=O)C1=C(N)SC(c2ccccc2)C1. The van der Waals surface area contributed by atoms with Crippen LogP contribution in [-0.4, -0.2) is 5.91 Å². The van der Waals surface area contributed by atoms with Gasteiger partial charge in [-0.05, 0) is 12.0 Å². The first kappa shape index (κ1) is 10.1. The standard InChI is InChI=1S/C11H12N2OS/c12-10(14)8-6-9(15-11(8)13)7-4-2-1-3-5-7/h1-5,9H,6,13H2,(H2,12,14). The van der Waals surface area contributed by atoms with Gasteiger partial charge in [-0.1, -0.05) is 30.3 Å². The lowest BCUT2D eigenvalue weighted by atomic mass is 10.0. The fourth-order valence-corrected chi connectivity index (χ4v) is 2.80. The Balaban J connectivity index is 2.17. The maximum Gasteiger partial charge on any atom is 0.247 e. The van der Waals surface area contributed by atoms with E-state index in [0.29, 0.717) is 17.0 Å². The van der Waals surface area contributed by atoms with Gasteiger partial charge in [0.25, 0.3) is 0 Å². The summed E-state index contributed by atoms with van der Waals surface area (Å²) in [5.74, 6) is -0.404. The van der Waals surface area contributed by atoms with Gasteiger partial charge in [-0.3, -0.25) is 4.79 Å². The minimum absolute atomic E-state index is 0.230. The van der Waals surface area contributed by atoms with Crippen LogP contribution in [0.15, 0.2) is 40.9 Å². The van der Waals surface area contributed by atoms with Crippen LogP contribution in [0.3, 0.4) is 0 Å². The van der Waals surface area contributed by atoms with Crippen LogP contribution in [0.2, 0.25) is 0 Å². The lowest BCUT2D eigenvalue weighted by Gasteiger charge is -2.08. The number of thioether (sulfide) groups is 1. The number of hydrogen-bond donors (Lipinski definition) is 2. The molecule has 1 unspecified atom stereocenters. The summed E-state index contributed by atoms with van der Waals surface area (Å²) < 4.78 is 0. The van der Waals surface area contributed by atoms with Crippen molar-refractivity contribution in [2.75, 3.05) is 0 Å². The van der Waals surface area contributed by atoms with Gasteiger partial charge in [0.1, 0.15) is 0 Å². The average molecular weight is 220 g/mol. The lowest BCUT2D eigenvalue weighted by molar-refractivity contribution is -0.114. The second-order valence-electron chi connectivity index (χ2n) is 3.43. The number of hydrogen-bond acceptors (Lipinski definition) is 3. The molecule has 0 saturated heterocycles. The lowest BCUT2D eigenvalue weighted by Crippen LogP contribution is -2.15. The van der Waals surface area contributed by atoms with E-state index in [1.807, 2.05) is 30.3 Å². The fourth-order valence-electron chi connectivity index (χ4n) is 1.63. The van der Waals surface area contributed by atoms with Crippen molar-refractivity contribution in [3.8, 4) is 0 Å². The Hall–Kier alpha value is -1.42. The maximum atomic E-state index is 11.1. The molecule has 1 aliphatic rings. The second-order valence-corrected chi connectivity index (χ2v) is 4.67. The van der Waals surface area contributed by atoms with Gasteiger partial charge in [-0.15, -0.1) is 11.8 Å². The van der Waals surface area contributed by atoms with Gasteiger partial charge in [-0.2, -0.15) is 0 Å². The van der Waals surface area contributed by atoms with Crippen molar-refractivity contribution in [3.63, 3.8) is 0 Å². The normalized spacial score (nSPS) is 20.7. The Morgan fingerprint density at radius 1 is 1.33 bits per heavy atom. The summed E-state index contributed by atoms with van der Waals surface area (Å²) in [5, 5.41) is 0.796. The molecule has 0 aliphatic carbocycles. The molecule has 1 heterocycles. The predicted molar refractivity (Wildman–Crippen MR) is 61.8 cm³/mol. The van der Waals surface area contributed by atoms with E-state index in [4.69, 9.17) is 11.5 Å². The molecule has 0 saturated carbocycles. The maximum absolute atomic E-state index is 11.1. The zero-order valence-corrected chi connectivity index (χ0v) is 8.96. The molecule has 1 aromatic rings. The summed E-state index contributed by atoms with van der Waals surface area (Å²) in [4.78, 5) is 11.1. The monoisotopic (exact) mass is 220 g/mol. The zero-order chi connectivity index (χ0) is 10.8. The molecule has 0 bridgehead atoms. The molecule has 1 amide bonds. The first-order chi connectivity index (χ1) is 7.18. The number of amides is 1.